The maximum absolute atomic E-state index is 5.62. The van der Waals surface area contributed by atoms with Gasteiger partial charge in [-0.3, -0.25) is 4.99 Å². The summed E-state index contributed by atoms with van der Waals surface area (Å²) in [4.78, 5) is 5.73. The predicted octanol–water partition coefficient (Wildman–Crippen LogP) is 1.56. The summed E-state index contributed by atoms with van der Waals surface area (Å²) in [7, 11) is 3.56. The van der Waals surface area contributed by atoms with Crippen LogP contribution in [0, 0.1) is 0 Å². The Morgan fingerprint density at radius 3 is 2.56 bits per heavy atom. The van der Waals surface area contributed by atoms with Crippen LogP contribution in [-0.2, 0) is 0 Å². The summed E-state index contributed by atoms with van der Waals surface area (Å²) >= 11 is 0. The van der Waals surface area contributed by atoms with E-state index in [1.54, 1.807) is 7.05 Å². The van der Waals surface area contributed by atoms with Crippen molar-refractivity contribution in [1.82, 2.24) is 4.90 Å². The SMILES string of the molecule is CN=C(N)N(C)CCOc1ccccc1.I. The number of aliphatic imine (C=N–C) groups is 1. The summed E-state index contributed by atoms with van der Waals surface area (Å²) in [6.45, 7) is 1.31. The van der Waals surface area contributed by atoms with E-state index in [2.05, 4.69) is 4.99 Å². The van der Waals surface area contributed by atoms with E-state index >= 15 is 0 Å². The number of guanidine groups is 1. The van der Waals surface area contributed by atoms with Gasteiger partial charge in [-0.2, -0.15) is 0 Å². The van der Waals surface area contributed by atoms with Gasteiger partial charge >= 0.3 is 0 Å². The van der Waals surface area contributed by atoms with Crippen molar-refractivity contribution in [2.24, 2.45) is 10.7 Å². The molecule has 0 bridgehead atoms. The highest BCUT2D eigenvalue weighted by atomic mass is 127. The normalized spacial score (nSPS) is 10.5. The zero-order valence-electron chi connectivity index (χ0n) is 9.59. The van der Waals surface area contributed by atoms with Gasteiger partial charge in [0.1, 0.15) is 12.4 Å². The number of halogens is 1. The first-order valence-corrected chi connectivity index (χ1v) is 4.85. The predicted molar refractivity (Wildman–Crippen MR) is 77.5 cm³/mol. The van der Waals surface area contributed by atoms with E-state index in [-0.39, 0.29) is 24.0 Å². The van der Waals surface area contributed by atoms with Crippen molar-refractivity contribution in [2.75, 3.05) is 27.2 Å². The summed E-state index contributed by atoms with van der Waals surface area (Å²) in [5, 5.41) is 0. The van der Waals surface area contributed by atoms with E-state index < -0.39 is 0 Å². The van der Waals surface area contributed by atoms with Crippen LogP contribution in [0.3, 0.4) is 0 Å². The third-order valence-electron chi connectivity index (χ3n) is 2.06. The summed E-state index contributed by atoms with van der Waals surface area (Å²) in [6, 6.07) is 9.71. The van der Waals surface area contributed by atoms with Crippen molar-refractivity contribution in [1.29, 1.82) is 0 Å². The Balaban J connectivity index is 0.00000225. The molecule has 1 rings (SSSR count). The Morgan fingerprint density at radius 2 is 2.00 bits per heavy atom. The molecule has 0 saturated heterocycles. The Bertz CT molecular complexity index is 316. The fraction of sp³-hybridized carbons (Fsp3) is 0.364. The molecule has 4 nitrogen and oxygen atoms in total. The molecule has 2 N–H and O–H groups in total. The molecule has 0 aliphatic rings. The lowest BCUT2D eigenvalue weighted by Gasteiger charge is -2.17. The first-order valence-electron chi connectivity index (χ1n) is 4.85. The quantitative estimate of drug-likeness (QED) is 0.516. The highest BCUT2D eigenvalue weighted by molar-refractivity contribution is 14.0. The highest BCUT2D eigenvalue weighted by Crippen LogP contribution is 2.07. The van der Waals surface area contributed by atoms with Crippen molar-refractivity contribution in [3.05, 3.63) is 30.3 Å². The zero-order valence-corrected chi connectivity index (χ0v) is 11.9. The van der Waals surface area contributed by atoms with E-state index in [0.717, 1.165) is 12.3 Å². The number of likely N-dealkylation sites (N-methyl/N-ethyl adjacent to an activating group) is 1. The van der Waals surface area contributed by atoms with Crippen LogP contribution in [0.25, 0.3) is 0 Å². The van der Waals surface area contributed by atoms with Gasteiger partial charge in [0.05, 0.1) is 6.54 Å². The number of rotatable bonds is 4. The van der Waals surface area contributed by atoms with Crippen LogP contribution < -0.4 is 10.5 Å². The Kier molecular flexibility index (Phi) is 7.70. The Morgan fingerprint density at radius 1 is 1.38 bits per heavy atom. The van der Waals surface area contributed by atoms with Crippen LogP contribution in [0.5, 0.6) is 5.75 Å². The van der Waals surface area contributed by atoms with Gasteiger partial charge in [0.25, 0.3) is 0 Å². The van der Waals surface area contributed by atoms with Gasteiger partial charge < -0.3 is 15.4 Å². The molecule has 5 heteroatoms. The summed E-state index contributed by atoms with van der Waals surface area (Å²) in [5.74, 6) is 1.39. The largest absolute Gasteiger partial charge is 0.492 e. The van der Waals surface area contributed by atoms with Gasteiger partial charge in [0.2, 0.25) is 0 Å². The molecule has 1 aromatic rings. The van der Waals surface area contributed by atoms with E-state index in [1.165, 1.54) is 0 Å². The first kappa shape index (κ1) is 15.0. The molecule has 0 radical (unpaired) electrons. The molecule has 0 aliphatic carbocycles. The molecule has 0 atom stereocenters. The van der Waals surface area contributed by atoms with Crippen LogP contribution in [0.2, 0.25) is 0 Å². The minimum absolute atomic E-state index is 0. The number of benzene rings is 1. The van der Waals surface area contributed by atoms with Gasteiger partial charge in [-0.05, 0) is 12.1 Å². The van der Waals surface area contributed by atoms with Gasteiger partial charge in [-0.15, -0.1) is 24.0 Å². The van der Waals surface area contributed by atoms with E-state index in [0.29, 0.717) is 12.6 Å². The smallest absolute Gasteiger partial charge is 0.190 e. The molecule has 90 valence electrons. The third kappa shape index (κ3) is 5.20. The average Bonchev–Trinajstić information content (AvgIpc) is 2.29. The molecule has 0 aliphatic heterocycles. The van der Waals surface area contributed by atoms with Gasteiger partial charge in [-0.1, -0.05) is 18.2 Å². The number of nitrogens with zero attached hydrogens (tertiary/aromatic N) is 2. The van der Waals surface area contributed by atoms with Crippen molar-refractivity contribution in [2.45, 2.75) is 0 Å². The van der Waals surface area contributed by atoms with Gasteiger partial charge in [-0.25, -0.2) is 0 Å². The van der Waals surface area contributed by atoms with Crippen LogP contribution >= 0.6 is 24.0 Å². The fourth-order valence-corrected chi connectivity index (χ4v) is 1.10. The second-order valence-corrected chi connectivity index (χ2v) is 3.16. The molecular formula is C11H18IN3O. The molecule has 0 heterocycles. The van der Waals surface area contributed by atoms with E-state index in [9.17, 15) is 0 Å². The second kappa shape index (κ2) is 8.20. The first-order chi connectivity index (χ1) is 7.24. The molecule has 16 heavy (non-hydrogen) atoms. The van der Waals surface area contributed by atoms with E-state index in [1.807, 2.05) is 42.3 Å². The van der Waals surface area contributed by atoms with Crippen molar-refractivity contribution in [3.8, 4) is 5.75 Å². The topological polar surface area (TPSA) is 50.8 Å². The Labute approximate surface area is 114 Å². The van der Waals surface area contributed by atoms with Gasteiger partial charge in [0.15, 0.2) is 5.96 Å². The van der Waals surface area contributed by atoms with Crippen LogP contribution in [0.1, 0.15) is 0 Å². The summed E-state index contributed by atoms with van der Waals surface area (Å²) in [5.41, 5.74) is 5.62. The van der Waals surface area contributed by atoms with Crippen molar-refractivity contribution >= 4 is 29.9 Å². The number of nitrogens with two attached hydrogens (primary N) is 1. The highest BCUT2D eigenvalue weighted by Gasteiger charge is 2.00. The number of hydrogen-bond donors (Lipinski definition) is 1. The molecule has 0 amide bonds. The second-order valence-electron chi connectivity index (χ2n) is 3.16. The van der Waals surface area contributed by atoms with Crippen LogP contribution in [0.15, 0.2) is 35.3 Å². The van der Waals surface area contributed by atoms with Crippen LogP contribution in [0.4, 0.5) is 0 Å². The molecular weight excluding hydrogens is 317 g/mol. The van der Waals surface area contributed by atoms with Crippen molar-refractivity contribution < 1.29 is 4.74 Å². The fourth-order valence-electron chi connectivity index (χ4n) is 1.10. The van der Waals surface area contributed by atoms with Gasteiger partial charge in [0, 0.05) is 14.1 Å². The number of ether oxygens (including phenoxy) is 1. The average molecular weight is 335 g/mol. The standard InChI is InChI=1S/C11H17N3O.HI/c1-13-11(12)14(2)8-9-15-10-6-4-3-5-7-10;/h3-7H,8-9H2,1-2H3,(H2,12,13);1H. The van der Waals surface area contributed by atoms with E-state index in [4.69, 9.17) is 10.5 Å². The summed E-state index contributed by atoms with van der Waals surface area (Å²) < 4.78 is 5.52. The minimum atomic E-state index is 0. The third-order valence-corrected chi connectivity index (χ3v) is 2.06. The molecule has 1 aromatic carbocycles. The lowest BCUT2D eigenvalue weighted by molar-refractivity contribution is 0.283. The molecule has 0 unspecified atom stereocenters. The lowest BCUT2D eigenvalue weighted by atomic mass is 10.3. The molecule has 0 spiro atoms. The maximum Gasteiger partial charge on any atom is 0.190 e. The van der Waals surface area contributed by atoms with Crippen LogP contribution in [-0.4, -0.2) is 38.1 Å². The van der Waals surface area contributed by atoms with Crippen molar-refractivity contribution in [3.63, 3.8) is 0 Å². The molecule has 0 aromatic heterocycles. The number of para-hydroxylation sites is 1. The monoisotopic (exact) mass is 335 g/mol. The maximum atomic E-state index is 5.62. The molecule has 0 fully saturated rings. The minimum Gasteiger partial charge on any atom is -0.492 e. The number of hydrogen-bond acceptors (Lipinski definition) is 2. The lowest BCUT2D eigenvalue weighted by Crippen LogP contribution is -2.36. The summed E-state index contributed by atoms with van der Waals surface area (Å²) in [6.07, 6.45) is 0. The Hall–Kier alpha value is -0.980. The molecule has 0 saturated carbocycles. The zero-order chi connectivity index (χ0) is 11.1.